The molecule has 0 saturated carbocycles. The zero-order valence-electron chi connectivity index (χ0n) is 10.6. The summed E-state index contributed by atoms with van der Waals surface area (Å²) in [6.07, 6.45) is 2.67. The number of carbonyl (C=O) groups excluding carboxylic acids is 1. The van der Waals surface area contributed by atoms with Crippen molar-refractivity contribution in [1.29, 1.82) is 0 Å². The van der Waals surface area contributed by atoms with Crippen molar-refractivity contribution in [3.63, 3.8) is 0 Å². The van der Waals surface area contributed by atoms with E-state index in [4.69, 9.17) is 0 Å². The molecule has 0 aliphatic rings. The Bertz CT molecular complexity index is 787. The number of nitrogens with zero attached hydrogens (tertiary/aromatic N) is 2. The maximum absolute atomic E-state index is 12.1. The first kappa shape index (κ1) is 13.2. The van der Waals surface area contributed by atoms with E-state index in [0.29, 0.717) is 24.8 Å². The van der Waals surface area contributed by atoms with E-state index in [0.717, 1.165) is 9.71 Å². The third kappa shape index (κ3) is 2.57. The molecule has 3 aromatic rings. The van der Waals surface area contributed by atoms with Gasteiger partial charge >= 0.3 is 0 Å². The number of hydrogen-bond acceptors (Lipinski definition) is 5. The highest BCUT2D eigenvalue weighted by atomic mass is 32.1. The summed E-state index contributed by atoms with van der Waals surface area (Å²) in [7, 11) is 0. The van der Waals surface area contributed by atoms with Crippen LogP contribution in [0.5, 0.6) is 0 Å². The first-order chi connectivity index (χ1) is 9.75. The quantitative estimate of drug-likeness (QED) is 0.680. The highest BCUT2D eigenvalue weighted by molar-refractivity contribution is 7.16. The third-order valence-electron chi connectivity index (χ3n) is 3.05. The van der Waals surface area contributed by atoms with Crippen LogP contribution in [0.15, 0.2) is 40.1 Å². The van der Waals surface area contributed by atoms with Crippen molar-refractivity contribution in [1.82, 2.24) is 9.55 Å². The molecule has 0 amide bonds. The van der Waals surface area contributed by atoms with Crippen molar-refractivity contribution in [3.8, 4) is 0 Å². The molecular weight excluding hydrogens is 292 g/mol. The molecule has 0 unspecified atom stereocenters. The van der Waals surface area contributed by atoms with E-state index in [2.05, 4.69) is 4.98 Å². The molecule has 0 fully saturated rings. The zero-order chi connectivity index (χ0) is 13.9. The average molecular weight is 304 g/mol. The van der Waals surface area contributed by atoms with Crippen LogP contribution in [-0.2, 0) is 6.54 Å². The molecule has 0 spiro atoms. The fraction of sp³-hybridized carbons (Fsp3) is 0.214. The molecule has 0 saturated heterocycles. The zero-order valence-corrected chi connectivity index (χ0v) is 12.2. The molecule has 3 rings (SSSR count). The summed E-state index contributed by atoms with van der Waals surface area (Å²) in [5.41, 5.74) is -0.0279. The van der Waals surface area contributed by atoms with Gasteiger partial charge in [-0.15, -0.1) is 22.7 Å². The van der Waals surface area contributed by atoms with Crippen LogP contribution >= 0.6 is 22.7 Å². The number of rotatable bonds is 5. The molecule has 0 bridgehead atoms. The average Bonchev–Trinajstić information content (AvgIpc) is 3.11. The van der Waals surface area contributed by atoms with Gasteiger partial charge < -0.3 is 0 Å². The Labute approximate surface area is 123 Å². The Balaban J connectivity index is 1.67. The Morgan fingerprint density at radius 2 is 2.15 bits per heavy atom. The summed E-state index contributed by atoms with van der Waals surface area (Å²) in [4.78, 5) is 29.8. The van der Waals surface area contributed by atoms with Gasteiger partial charge in [-0.25, -0.2) is 4.98 Å². The Kier molecular flexibility index (Phi) is 3.75. The Hall–Kier alpha value is -1.79. The standard InChI is InChI=1S/C14H12N2O2S2/c17-11(12-4-2-7-19-12)3-1-6-16-9-15-13-10(14(16)18)5-8-20-13/h2,4-5,7-9H,1,3,6H2. The van der Waals surface area contributed by atoms with Crippen molar-refractivity contribution in [2.45, 2.75) is 19.4 Å². The van der Waals surface area contributed by atoms with Gasteiger partial charge in [0, 0.05) is 13.0 Å². The highest BCUT2D eigenvalue weighted by Crippen LogP contribution is 2.14. The number of Topliss-reactive ketones (excluding diaryl/α,β-unsaturated/α-hetero) is 1. The molecule has 6 heteroatoms. The van der Waals surface area contributed by atoms with Crippen molar-refractivity contribution in [2.75, 3.05) is 0 Å². The van der Waals surface area contributed by atoms with E-state index in [1.165, 1.54) is 22.7 Å². The lowest BCUT2D eigenvalue weighted by Gasteiger charge is -2.04. The lowest BCUT2D eigenvalue weighted by atomic mass is 10.2. The van der Waals surface area contributed by atoms with Crippen molar-refractivity contribution >= 4 is 38.7 Å². The SMILES string of the molecule is O=C(CCCn1cnc2sccc2c1=O)c1cccs1. The van der Waals surface area contributed by atoms with Crippen LogP contribution in [0.3, 0.4) is 0 Å². The molecule has 20 heavy (non-hydrogen) atoms. The maximum atomic E-state index is 12.1. The molecule has 0 radical (unpaired) electrons. The summed E-state index contributed by atoms with van der Waals surface area (Å²) in [6, 6.07) is 5.50. The molecule has 0 N–H and O–H groups in total. The van der Waals surface area contributed by atoms with E-state index in [1.54, 1.807) is 17.0 Å². The topological polar surface area (TPSA) is 52.0 Å². The van der Waals surface area contributed by atoms with E-state index in [9.17, 15) is 9.59 Å². The van der Waals surface area contributed by atoms with E-state index < -0.39 is 0 Å². The Morgan fingerprint density at radius 3 is 2.95 bits per heavy atom. The van der Waals surface area contributed by atoms with Crippen LogP contribution in [0, 0.1) is 0 Å². The lowest BCUT2D eigenvalue weighted by Crippen LogP contribution is -2.20. The molecular formula is C14H12N2O2S2. The van der Waals surface area contributed by atoms with E-state index in [1.807, 2.05) is 22.9 Å². The van der Waals surface area contributed by atoms with Crippen LogP contribution in [-0.4, -0.2) is 15.3 Å². The number of hydrogen-bond donors (Lipinski definition) is 0. The van der Waals surface area contributed by atoms with Crippen molar-refractivity contribution in [3.05, 3.63) is 50.5 Å². The van der Waals surface area contributed by atoms with E-state index >= 15 is 0 Å². The van der Waals surface area contributed by atoms with E-state index in [-0.39, 0.29) is 11.3 Å². The second-order valence-corrected chi connectivity index (χ2v) is 6.23. The molecule has 0 aliphatic heterocycles. The number of aromatic nitrogens is 2. The van der Waals surface area contributed by atoms with Crippen LogP contribution in [0.25, 0.3) is 10.2 Å². The predicted octanol–water partition coefficient (Wildman–Crippen LogP) is 3.18. The summed E-state index contributed by atoms with van der Waals surface area (Å²) < 4.78 is 1.58. The van der Waals surface area contributed by atoms with Gasteiger partial charge in [0.25, 0.3) is 5.56 Å². The monoisotopic (exact) mass is 304 g/mol. The van der Waals surface area contributed by atoms with Crippen molar-refractivity contribution in [2.24, 2.45) is 0 Å². The fourth-order valence-electron chi connectivity index (χ4n) is 2.02. The summed E-state index contributed by atoms with van der Waals surface area (Å²) >= 11 is 2.91. The minimum Gasteiger partial charge on any atom is -0.299 e. The third-order valence-corrected chi connectivity index (χ3v) is 4.78. The molecule has 3 heterocycles. The lowest BCUT2D eigenvalue weighted by molar-refractivity contribution is 0.0982. The second kappa shape index (κ2) is 5.68. The first-order valence-electron chi connectivity index (χ1n) is 6.25. The predicted molar refractivity (Wildman–Crippen MR) is 81.8 cm³/mol. The molecule has 0 aliphatic carbocycles. The molecule has 3 aromatic heterocycles. The van der Waals surface area contributed by atoms with Crippen molar-refractivity contribution < 1.29 is 4.79 Å². The van der Waals surface area contributed by atoms with Gasteiger partial charge in [-0.2, -0.15) is 0 Å². The van der Waals surface area contributed by atoms with Crippen LogP contribution in [0.1, 0.15) is 22.5 Å². The summed E-state index contributed by atoms with van der Waals surface area (Å²) in [5, 5.41) is 4.41. The minimum absolute atomic E-state index is 0.0279. The van der Waals surface area contributed by atoms with Gasteiger partial charge in [0.15, 0.2) is 5.78 Å². The Morgan fingerprint density at radius 1 is 1.25 bits per heavy atom. The smallest absolute Gasteiger partial charge is 0.262 e. The van der Waals surface area contributed by atoms with Gasteiger partial charge in [0.1, 0.15) is 4.83 Å². The number of fused-ring (bicyclic) bond motifs is 1. The minimum atomic E-state index is -0.0279. The molecule has 102 valence electrons. The van der Waals surface area contributed by atoms with Gasteiger partial charge in [-0.05, 0) is 29.3 Å². The number of carbonyl (C=O) groups is 1. The molecule has 0 aromatic carbocycles. The fourth-order valence-corrected chi connectivity index (χ4v) is 3.44. The van der Waals surface area contributed by atoms with Gasteiger partial charge in [0.2, 0.25) is 0 Å². The van der Waals surface area contributed by atoms with Gasteiger partial charge in [0.05, 0.1) is 16.6 Å². The highest BCUT2D eigenvalue weighted by Gasteiger charge is 2.08. The number of thiophene rings is 2. The van der Waals surface area contributed by atoms with Gasteiger partial charge in [-0.3, -0.25) is 14.2 Å². The largest absolute Gasteiger partial charge is 0.299 e. The normalized spacial score (nSPS) is 11.0. The first-order valence-corrected chi connectivity index (χ1v) is 8.01. The molecule has 0 atom stereocenters. The molecule has 4 nitrogen and oxygen atoms in total. The van der Waals surface area contributed by atoms with Crippen LogP contribution < -0.4 is 5.56 Å². The van der Waals surface area contributed by atoms with Gasteiger partial charge in [-0.1, -0.05) is 6.07 Å². The summed E-state index contributed by atoms with van der Waals surface area (Å²) in [5.74, 6) is 0.137. The second-order valence-electron chi connectivity index (χ2n) is 4.39. The maximum Gasteiger partial charge on any atom is 0.262 e. The van der Waals surface area contributed by atoms with Crippen LogP contribution in [0.2, 0.25) is 0 Å². The van der Waals surface area contributed by atoms with Crippen LogP contribution in [0.4, 0.5) is 0 Å². The number of ketones is 1. The summed E-state index contributed by atoms with van der Waals surface area (Å²) in [6.45, 7) is 0.523. The number of aryl methyl sites for hydroxylation is 1.